The van der Waals surface area contributed by atoms with E-state index in [9.17, 15) is 4.79 Å². The van der Waals surface area contributed by atoms with Gasteiger partial charge in [0.25, 0.3) is 0 Å². The molecular formula is C18H21N3OS. The number of pyridine rings is 1. The average molecular weight is 327 g/mol. The first-order chi connectivity index (χ1) is 11.2. The van der Waals surface area contributed by atoms with Crippen molar-refractivity contribution in [3.05, 3.63) is 66.0 Å². The lowest BCUT2D eigenvalue weighted by atomic mass is 9.95. The molecule has 0 bridgehead atoms. The zero-order chi connectivity index (χ0) is 16.1. The number of nitrogens with zero attached hydrogens (tertiary/aromatic N) is 2. The van der Waals surface area contributed by atoms with Crippen LogP contribution in [0.15, 0.2) is 54.7 Å². The van der Waals surface area contributed by atoms with E-state index >= 15 is 0 Å². The second-order valence-corrected chi connectivity index (χ2v) is 6.78. The van der Waals surface area contributed by atoms with Gasteiger partial charge in [-0.25, -0.2) is 0 Å². The number of likely N-dealkylation sites (tertiary alicyclic amines) is 1. The molecule has 2 aromatic rings. The molecule has 1 saturated heterocycles. The molecule has 1 aromatic heterocycles. The number of rotatable bonds is 5. The summed E-state index contributed by atoms with van der Waals surface area (Å²) in [4.78, 5) is 18.6. The Balaban J connectivity index is 1.51. The van der Waals surface area contributed by atoms with Gasteiger partial charge in [-0.1, -0.05) is 36.4 Å². The Morgan fingerprint density at radius 2 is 1.96 bits per heavy atom. The summed E-state index contributed by atoms with van der Waals surface area (Å²) in [5, 5.41) is 0. The fraction of sp³-hybridized carbons (Fsp3) is 0.333. The lowest BCUT2D eigenvalue weighted by Crippen LogP contribution is -2.33. The molecular weight excluding hydrogens is 306 g/mol. The van der Waals surface area contributed by atoms with Gasteiger partial charge in [0.1, 0.15) is 0 Å². The maximum atomic E-state index is 12.4. The summed E-state index contributed by atoms with van der Waals surface area (Å²) in [6.45, 7) is 1.36. The Bertz CT molecular complexity index is 635. The van der Waals surface area contributed by atoms with Crippen LogP contribution in [0.3, 0.4) is 0 Å². The maximum Gasteiger partial charge on any atom is 0.232 e. The van der Waals surface area contributed by atoms with Crippen LogP contribution in [0, 0.1) is 0 Å². The van der Waals surface area contributed by atoms with Crippen molar-refractivity contribution < 1.29 is 4.79 Å². The van der Waals surface area contributed by atoms with Gasteiger partial charge in [-0.2, -0.15) is 0 Å². The van der Waals surface area contributed by atoms with Crippen LogP contribution in [-0.4, -0.2) is 40.7 Å². The van der Waals surface area contributed by atoms with Gasteiger partial charge in [0, 0.05) is 37.0 Å². The van der Waals surface area contributed by atoms with Crippen LogP contribution in [0.1, 0.15) is 17.2 Å². The third kappa shape index (κ3) is 4.12. The van der Waals surface area contributed by atoms with E-state index in [1.54, 1.807) is 18.0 Å². The molecule has 5 heteroatoms. The van der Waals surface area contributed by atoms with Gasteiger partial charge in [0.15, 0.2) is 0 Å². The molecule has 120 valence electrons. The van der Waals surface area contributed by atoms with Gasteiger partial charge in [0.2, 0.25) is 5.91 Å². The summed E-state index contributed by atoms with van der Waals surface area (Å²) in [5.41, 5.74) is 8.47. The second-order valence-electron chi connectivity index (χ2n) is 5.79. The quantitative estimate of drug-likeness (QED) is 0.915. The third-order valence-electron chi connectivity index (χ3n) is 4.15. The Kier molecular flexibility index (Phi) is 5.31. The summed E-state index contributed by atoms with van der Waals surface area (Å²) in [5.74, 6) is 1.64. The highest BCUT2D eigenvalue weighted by Crippen LogP contribution is 2.26. The van der Waals surface area contributed by atoms with Gasteiger partial charge in [-0.15, -0.1) is 11.8 Å². The van der Waals surface area contributed by atoms with E-state index in [2.05, 4.69) is 17.1 Å². The van der Waals surface area contributed by atoms with Crippen LogP contribution in [-0.2, 0) is 10.5 Å². The van der Waals surface area contributed by atoms with Crippen molar-refractivity contribution >= 4 is 17.7 Å². The molecule has 1 aliphatic heterocycles. The fourth-order valence-corrected chi connectivity index (χ4v) is 3.74. The van der Waals surface area contributed by atoms with E-state index in [1.165, 1.54) is 5.56 Å². The Hall–Kier alpha value is -1.85. The third-order valence-corrected chi connectivity index (χ3v) is 5.10. The van der Waals surface area contributed by atoms with Crippen molar-refractivity contribution in [1.29, 1.82) is 0 Å². The largest absolute Gasteiger partial charge is 0.340 e. The molecule has 0 aliphatic carbocycles. The van der Waals surface area contributed by atoms with Crippen LogP contribution < -0.4 is 5.73 Å². The molecule has 1 aromatic carbocycles. The number of aromatic nitrogens is 1. The molecule has 0 saturated carbocycles. The smallest absolute Gasteiger partial charge is 0.232 e. The molecule has 23 heavy (non-hydrogen) atoms. The minimum atomic E-state index is 0.0159. The predicted molar refractivity (Wildman–Crippen MR) is 94.1 cm³/mol. The van der Waals surface area contributed by atoms with Gasteiger partial charge < -0.3 is 10.6 Å². The van der Waals surface area contributed by atoms with Crippen molar-refractivity contribution in [2.45, 2.75) is 17.7 Å². The van der Waals surface area contributed by atoms with E-state index in [0.29, 0.717) is 18.8 Å². The summed E-state index contributed by atoms with van der Waals surface area (Å²) in [7, 11) is 0. The van der Waals surface area contributed by atoms with Gasteiger partial charge >= 0.3 is 0 Å². The lowest BCUT2D eigenvalue weighted by Gasteiger charge is -2.16. The molecule has 3 rings (SSSR count). The number of hydrogen-bond acceptors (Lipinski definition) is 4. The molecule has 2 heterocycles. The van der Waals surface area contributed by atoms with Crippen molar-refractivity contribution in [2.24, 2.45) is 5.73 Å². The van der Waals surface area contributed by atoms with Crippen LogP contribution >= 0.6 is 11.8 Å². The van der Waals surface area contributed by atoms with Crippen LogP contribution in [0.2, 0.25) is 0 Å². The number of nitrogens with two attached hydrogens (primary N) is 1. The number of benzene rings is 1. The van der Waals surface area contributed by atoms with E-state index in [0.717, 1.165) is 11.4 Å². The molecule has 0 spiro atoms. The minimum Gasteiger partial charge on any atom is -0.340 e. The number of carbonyl (C=O) groups is 1. The molecule has 2 atom stereocenters. The monoisotopic (exact) mass is 327 g/mol. The van der Waals surface area contributed by atoms with Crippen LogP contribution in [0.5, 0.6) is 0 Å². The average Bonchev–Trinajstić information content (AvgIpc) is 2.98. The highest BCUT2D eigenvalue weighted by atomic mass is 32.2. The molecule has 1 amide bonds. The van der Waals surface area contributed by atoms with Crippen molar-refractivity contribution in [2.75, 3.05) is 18.8 Å². The molecule has 4 nitrogen and oxygen atoms in total. The van der Waals surface area contributed by atoms with Gasteiger partial charge in [-0.05, 0) is 17.7 Å². The summed E-state index contributed by atoms with van der Waals surface area (Å²) < 4.78 is 0. The van der Waals surface area contributed by atoms with E-state index in [-0.39, 0.29) is 17.9 Å². The Morgan fingerprint density at radius 1 is 1.17 bits per heavy atom. The molecule has 1 fully saturated rings. The Labute approximate surface area is 141 Å². The van der Waals surface area contributed by atoms with Crippen LogP contribution in [0.25, 0.3) is 0 Å². The first kappa shape index (κ1) is 16.0. The Morgan fingerprint density at radius 3 is 2.70 bits per heavy atom. The standard InChI is InChI=1S/C18H21N3OS/c19-17-11-21(10-16(17)14-6-2-1-3-7-14)18(22)13-23-12-15-8-4-5-9-20-15/h1-9,16-17H,10-13,19H2/t16-,17+/m0/s1. The minimum absolute atomic E-state index is 0.0159. The van der Waals surface area contributed by atoms with E-state index < -0.39 is 0 Å². The highest BCUT2D eigenvalue weighted by Gasteiger charge is 2.33. The van der Waals surface area contributed by atoms with Gasteiger partial charge in [-0.3, -0.25) is 9.78 Å². The van der Waals surface area contributed by atoms with E-state index in [4.69, 9.17) is 5.73 Å². The first-order valence-corrected chi connectivity index (χ1v) is 8.95. The summed E-state index contributed by atoms with van der Waals surface area (Å²) in [6.07, 6.45) is 1.78. The number of hydrogen-bond donors (Lipinski definition) is 1. The first-order valence-electron chi connectivity index (χ1n) is 7.80. The number of carbonyl (C=O) groups excluding carboxylic acids is 1. The topological polar surface area (TPSA) is 59.2 Å². The van der Waals surface area contributed by atoms with Crippen molar-refractivity contribution in [3.8, 4) is 0 Å². The molecule has 1 aliphatic rings. The number of thioether (sulfide) groups is 1. The summed E-state index contributed by atoms with van der Waals surface area (Å²) in [6, 6.07) is 16.1. The highest BCUT2D eigenvalue weighted by molar-refractivity contribution is 7.99. The maximum absolute atomic E-state index is 12.4. The molecule has 0 radical (unpaired) electrons. The van der Waals surface area contributed by atoms with Crippen molar-refractivity contribution in [1.82, 2.24) is 9.88 Å². The lowest BCUT2D eigenvalue weighted by molar-refractivity contribution is -0.127. The van der Waals surface area contributed by atoms with Crippen LogP contribution in [0.4, 0.5) is 0 Å². The zero-order valence-corrected chi connectivity index (χ0v) is 13.8. The normalized spacial score (nSPS) is 20.7. The second kappa shape index (κ2) is 7.62. The summed E-state index contributed by atoms with van der Waals surface area (Å²) >= 11 is 1.61. The van der Waals surface area contributed by atoms with E-state index in [1.807, 2.05) is 41.3 Å². The fourth-order valence-electron chi connectivity index (χ4n) is 2.90. The zero-order valence-electron chi connectivity index (χ0n) is 13.0. The number of amides is 1. The predicted octanol–water partition coefficient (Wildman–Crippen LogP) is 2.27. The van der Waals surface area contributed by atoms with Gasteiger partial charge in [0.05, 0.1) is 11.4 Å². The molecule has 2 N–H and O–H groups in total. The SMILES string of the molecule is N[C@@H]1CN(C(=O)CSCc2ccccn2)C[C@H]1c1ccccc1. The van der Waals surface area contributed by atoms with Crippen molar-refractivity contribution in [3.63, 3.8) is 0 Å². The molecule has 0 unspecified atom stereocenters.